The number of rotatable bonds is 7. The van der Waals surface area contributed by atoms with Crippen LogP contribution in [0.5, 0.6) is 5.75 Å². The zero-order chi connectivity index (χ0) is 13.5. The Bertz CT molecular complexity index is 375. The number of aliphatic hydroxyl groups excluding tert-OH is 1. The Morgan fingerprint density at radius 3 is 2.95 bits per heavy atom. The topological polar surface area (TPSA) is 29.5 Å². The van der Waals surface area contributed by atoms with E-state index in [1.165, 1.54) is 24.8 Å². The first kappa shape index (κ1) is 14.4. The van der Waals surface area contributed by atoms with E-state index in [4.69, 9.17) is 4.74 Å². The van der Waals surface area contributed by atoms with Crippen LogP contribution in [-0.4, -0.2) is 17.8 Å². The molecule has 1 aliphatic rings. The molecule has 0 aliphatic carbocycles. The highest BCUT2D eigenvalue weighted by Crippen LogP contribution is 2.36. The van der Waals surface area contributed by atoms with Crippen molar-refractivity contribution in [3.8, 4) is 5.75 Å². The largest absolute Gasteiger partial charge is 0.493 e. The van der Waals surface area contributed by atoms with E-state index in [0.29, 0.717) is 5.92 Å². The average Bonchev–Trinajstić information content (AvgIpc) is 2.44. The normalized spacial score (nSPS) is 19.6. The van der Waals surface area contributed by atoms with Crippen LogP contribution in [0.1, 0.15) is 63.4 Å². The van der Waals surface area contributed by atoms with Gasteiger partial charge in [0.2, 0.25) is 0 Å². The first-order valence-electron chi connectivity index (χ1n) is 7.71. The van der Waals surface area contributed by atoms with Crippen molar-refractivity contribution >= 4 is 0 Å². The SMILES string of the molecule is CCCCCCC(O)CC1CCOc2ccccc21. The van der Waals surface area contributed by atoms with Crippen molar-refractivity contribution in [2.24, 2.45) is 0 Å². The lowest BCUT2D eigenvalue weighted by Crippen LogP contribution is -2.19. The van der Waals surface area contributed by atoms with Crippen molar-refractivity contribution in [3.05, 3.63) is 29.8 Å². The van der Waals surface area contributed by atoms with Crippen LogP contribution in [0.4, 0.5) is 0 Å². The molecule has 19 heavy (non-hydrogen) atoms. The van der Waals surface area contributed by atoms with Gasteiger partial charge in [-0.25, -0.2) is 0 Å². The standard InChI is InChI=1S/C17H26O2/c1-2-3-4-5-8-15(18)13-14-11-12-19-17-10-7-6-9-16(14)17/h6-7,9-10,14-15,18H,2-5,8,11-13H2,1H3. The van der Waals surface area contributed by atoms with Gasteiger partial charge in [0.05, 0.1) is 12.7 Å². The number of hydrogen-bond donors (Lipinski definition) is 1. The van der Waals surface area contributed by atoms with Gasteiger partial charge < -0.3 is 9.84 Å². The summed E-state index contributed by atoms with van der Waals surface area (Å²) in [5, 5.41) is 10.2. The Morgan fingerprint density at radius 1 is 1.26 bits per heavy atom. The van der Waals surface area contributed by atoms with Gasteiger partial charge in [-0.15, -0.1) is 0 Å². The second-order valence-corrected chi connectivity index (χ2v) is 5.61. The summed E-state index contributed by atoms with van der Waals surface area (Å²) in [6.45, 7) is 3.00. The van der Waals surface area contributed by atoms with Crippen LogP contribution in [0.2, 0.25) is 0 Å². The van der Waals surface area contributed by atoms with Crippen molar-refractivity contribution in [1.29, 1.82) is 0 Å². The summed E-state index contributed by atoms with van der Waals surface area (Å²) >= 11 is 0. The molecular formula is C17H26O2. The molecule has 0 saturated heterocycles. The molecule has 2 nitrogen and oxygen atoms in total. The Morgan fingerprint density at radius 2 is 2.11 bits per heavy atom. The van der Waals surface area contributed by atoms with Gasteiger partial charge in [-0.05, 0) is 36.8 Å². The average molecular weight is 262 g/mol. The number of aliphatic hydroxyl groups is 1. The van der Waals surface area contributed by atoms with Crippen LogP contribution in [0, 0.1) is 0 Å². The molecule has 1 aliphatic heterocycles. The van der Waals surface area contributed by atoms with Crippen LogP contribution < -0.4 is 4.74 Å². The molecule has 0 amide bonds. The first-order valence-corrected chi connectivity index (χ1v) is 7.71. The minimum Gasteiger partial charge on any atom is -0.493 e. The summed E-state index contributed by atoms with van der Waals surface area (Å²) in [5.74, 6) is 1.48. The molecule has 0 spiro atoms. The molecule has 0 radical (unpaired) electrons. The summed E-state index contributed by atoms with van der Waals surface area (Å²) in [6.07, 6.45) is 7.64. The maximum atomic E-state index is 10.2. The van der Waals surface area contributed by atoms with E-state index in [1.54, 1.807) is 0 Å². The van der Waals surface area contributed by atoms with Crippen LogP contribution in [0.3, 0.4) is 0 Å². The second kappa shape index (κ2) is 7.54. The lowest BCUT2D eigenvalue weighted by atomic mass is 9.87. The fourth-order valence-electron chi connectivity index (χ4n) is 2.91. The Kier molecular flexibility index (Phi) is 5.71. The molecule has 1 heterocycles. The maximum Gasteiger partial charge on any atom is 0.122 e. The van der Waals surface area contributed by atoms with Gasteiger partial charge in [0.15, 0.2) is 0 Å². The third-order valence-electron chi connectivity index (χ3n) is 4.03. The quantitative estimate of drug-likeness (QED) is 0.743. The second-order valence-electron chi connectivity index (χ2n) is 5.61. The third-order valence-corrected chi connectivity index (χ3v) is 4.03. The first-order chi connectivity index (χ1) is 9.31. The smallest absolute Gasteiger partial charge is 0.122 e. The van der Waals surface area contributed by atoms with E-state index in [2.05, 4.69) is 19.1 Å². The van der Waals surface area contributed by atoms with E-state index < -0.39 is 0 Å². The van der Waals surface area contributed by atoms with Crippen molar-refractivity contribution in [3.63, 3.8) is 0 Å². The van der Waals surface area contributed by atoms with E-state index in [0.717, 1.165) is 38.0 Å². The summed E-state index contributed by atoms with van der Waals surface area (Å²) < 4.78 is 5.67. The predicted molar refractivity (Wildman–Crippen MR) is 78.7 cm³/mol. The highest BCUT2D eigenvalue weighted by molar-refractivity contribution is 5.37. The van der Waals surface area contributed by atoms with E-state index in [9.17, 15) is 5.11 Å². The highest BCUT2D eigenvalue weighted by Gasteiger charge is 2.23. The molecule has 2 rings (SSSR count). The molecule has 1 aromatic carbocycles. The molecule has 2 unspecified atom stereocenters. The Balaban J connectivity index is 1.83. The predicted octanol–water partition coefficient (Wildman–Crippen LogP) is 4.27. The summed E-state index contributed by atoms with van der Waals surface area (Å²) in [4.78, 5) is 0. The molecular weight excluding hydrogens is 236 g/mol. The van der Waals surface area contributed by atoms with Gasteiger partial charge in [-0.2, -0.15) is 0 Å². The molecule has 0 bridgehead atoms. The summed E-state index contributed by atoms with van der Waals surface area (Å²) in [5.41, 5.74) is 1.28. The number of fused-ring (bicyclic) bond motifs is 1. The molecule has 0 saturated carbocycles. The number of ether oxygens (including phenoxy) is 1. The summed E-state index contributed by atoms with van der Waals surface area (Å²) in [7, 11) is 0. The van der Waals surface area contributed by atoms with Crippen LogP contribution in [-0.2, 0) is 0 Å². The van der Waals surface area contributed by atoms with Crippen LogP contribution >= 0.6 is 0 Å². The summed E-state index contributed by atoms with van der Waals surface area (Å²) in [6, 6.07) is 8.26. The van der Waals surface area contributed by atoms with Gasteiger partial charge in [0, 0.05) is 0 Å². The minimum atomic E-state index is -0.159. The minimum absolute atomic E-state index is 0.159. The van der Waals surface area contributed by atoms with E-state index in [-0.39, 0.29) is 6.10 Å². The molecule has 2 heteroatoms. The Labute approximate surface area is 116 Å². The highest BCUT2D eigenvalue weighted by atomic mass is 16.5. The number of para-hydroxylation sites is 1. The van der Waals surface area contributed by atoms with E-state index in [1.807, 2.05) is 12.1 Å². The molecule has 0 aromatic heterocycles. The van der Waals surface area contributed by atoms with Gasteiger partial charge in [0.25, 0.3) is 0 Å². The van der Waals surface area contributed by atoms with Crippen molar-refractivity contribution in [2.75, 3.05) is 6.61 Å². The van der Waals surface area contributed by atoms with Gasteiger partial charge in [-0.1, -0.05) is 50.8 Å². The van der Waals surface area contributed by atoms with Gasteiger partial charge in [0.1, 0.15) is 5.75 Å². The Hall–Kier alpha value is -1.02. The fraction of sp³-hybridized carbons (Fsp3) is 0.647. The number of hydrogen-bond acceptors (Lipinski definition) is 2. The zero-order valence-electron chi connectivity index (χ0n) is 12.0. The molecule has 1 aromatic rings. The maximum absolute atomic E-state index is 10.2. The monoisotopic (exact) mass is 262 g/mol. The van der Waals surface area contributed by atoms with Crippen LogP contribution in [0.15, 0.2) is 24.3 Å². The lowest BCUT2D eigenvalue weighted by Gasteiger charge is -2.27. The molecule has 0 fully saturated rings. The lowest BCUT2D eigenvalue weighted by molar-refractivity contribution is 0.132. The number of benzene rings is 1. The third kappa shape index (κ3) is 4.24. The van der Waals surface area contributed by atoms with Crippen LogP contribution in [0.25, 0.3) is 0 Å². The van der Waals surface area contributed by atoms with E-state index >= 15 is 0 Å². The van der Waals surface area contributed by atoms with Gasteiger partial charge in [-0.3, -0.25) is 0 Å². The van der Waals surface area contributed by atoms with Crippen molar-refractivity contribution in [1.82, 2.24) is 0 Å². The van der Waals surface area contributed by atoms with Gasteiger partial charge >= 0.3 is 0 Å². The molecule has 1 N–H and O–H groups in total. The van der Waals surface area contributed by atoms with Crippen molar-refractivity contribution in [2.45, 2.75) is 63.9 Å². The van der Waals surface area contributed by atoms with Crippen molar-refractivity contribution < 1.29 is 9.84 Å². The zero-order valence-corrected chi connectivity index (χ0v) is 12.0. The molecule has 106 valence electrons. The number of unbranched alkanes of at least 4 members (excludes halogenated alkanes) is 3. The fourth-order valence-corrected chi connectivity index (χ4v) is 2.91. The molecule has 2 atom stereocenters.